The molecule has 9 aromatic carbocycles. The van der Waals surface area contributed by atoms with Crippen LogP contribution in [0.1, 0.15) is 0 Å². The van der Waals surface area contributed by atoms with Crippen LogP contribution in [0.25, 0.3) is 81.4 Å². The lowest BCUT2D eigenvalue weighted by molar-refractivity contribution is 0.593. The normalized spacial score (nSPS) is 12.4. The molecule has 0 aliphatic rings. The Balaban J connectivity index is 1.32. The topological polar surface area (TPSA) is 34.4 Å². The first-order valence-electron chi connectivity index (χ1n) is 17.3. The molecule has 51 heavy (non-hydrogen) atoms. The van der Waals surface area contributed by atoms with E-state index in [0.717, 1.165) is 70.4 Å². The molecule has 0 amide bonds. The monoisotopic (exact) mass is 668 g/mol. The molecular weight excluding hydrogens is 640 g/mol. The molecule has 0 unspecified atom stereocenters. The average Bonchev–Trinajstić information content (AvgIpc) is 3.58. The summed E-state index contributed by atoms with van der Waals surface area (Å²) in [6, 6.07) is 61.4. The third kappa shape index (κ3) is 4.01. The van der Waals surface area contributed by atoms with Crippen LogP contribution in [0.4, 0.5) is 0 Å². The zero-order chi connectivity index (χ0) is 33.7. The highest BCUT2D eigenvalue weighted by molar-refractivity contribution is 7.86. The minimum atomic E-state index is -3.45. The summed E-state index contributed by atoms with van der Waals surface area (Å²) in [5.74, 6) is 0. The van der Waals surface area contributed by atoms with Crippen LogP contribution in [0, 0.1) is 0 Å². The van der Waals surface area contributed by atoms with E-state index >= 15 is 4.57 Å². The van der Waals surface area contributed by atoms with Gasteiger partial charge in [-0.2, -0.15) is 0 Å². The summed E-state index contributed by atoms with van der Waals surface area (Å²) in [5.41, 5.74) is 3.80. The molecule has 0 spiro atoms. The van der Waals surface area contributed by atoms with Crippen LogP contribution in [0.2, 0.25) is 0 Å². The third-order valence-electron chi connectivity index (χ3n) is 10.8. The van der Waals surface area contributed by atoms with Crippen LogP contribution < -0.4 is 15.9 Å². The molecule has 2 heterocycles. The van der Waals surface area contributed by atoms with Crippen molar-refractivity contribution in [3.8, 4) is 0 Å². The van der Waals surface area contributed by atoms with Crippen molar-refractivity contribution in [3.63, 3.8) is 0 Å². The molecule has 0 bridgehead atoms. The Bertz CT molecular complexity index is 3210. The average molecular weight is 669 g/mol. The van der Waals surface area contributed by atoms with Crippen LogP contribution >= 0.6 is 7.14 Å². The lowest BCUT2D eigenvalue weighted by Crippen LogP contribution is -2.26. The van der Waals surface area contributed by atoms with Crippen molar-refractivity contribution in [2.45, 2.75) is 0 Å². The molecule has 0 saturated carbocycles. The summed E-state index contributed by atoms with van der Waals surface area (Å²) in [7, 11) is -3.45. The zero-order valence-electron chi connectivity index (χ0n) is 27.5. The maximum Gasteiger partial charge on any atom is 0.172 e. The van der Waals surface area contributed by atoms with Gasteiger partial charge in [0.25, 0.3) is 0 Å². The van der Waals surface area contributed by atoms with Gasteiger partial charge in [-0.1, -0.05) is 146 Å². The third-order valence-corrected chi connectivity index (χ3v) is 13.9. The fraction of sp³-hybridized carbons (Fsp3) is 0. The van der Waals surface area contributed by atoms with Crippen molar-refractivity contribution < 1.29 is 4.57 Å². The van der Waals surface area contributed by atoms with Gasteiger partial charge in [0.05, 0.1) is 16.6 Å². The maximum absolute atomic E-state index is 16.5. The predicted octanol–water partition coefficient (Wildman–Crippen LogP) is 11.0. The first-order chi connectivity index (χ1) is 25.2. The highest BCUT2D eigenvalue weighted by Gasteiger charge is 2.33. The van der Waals surface area contributed by atoms with E-state index in [2.05, 4.69) is 144 Å². The summed E-state index contributed by atoms with van der Waals surface area (Å²) in [6.45, 7) is 0. The van der Waals surface area contributed by atoms with Crippen LogP contribution in [0.15, 0.2) is 176 Å². The lowest BCUT2D eigenvalue weighted by Gasteiger charge is -2.23. The zero-order valence-corrected chi connectivity index (χ0v) is 28.4. The van der Waals surface area contributed by atoms with Crippen molar-refractivity contribution in [1.29, 1.82) is 0 Å². The second-order valence-electron chi connectivity index (χ2n) is 13.5. The first kappa shape index (κ1) is 28.5. The first-order valence-corrected chi connectivity index (χ1v) is 19.0. The summed E-state index contributed by atoms with van der Waals surface area (Å²) in [5, 5.41) is 14.8. The van der Waals surface area contributed by atoms with Gasteiger partial charge in [0, 0.05) is 26.7 Å². The van der Waals surface area contributed by atoms with Gasteiger partial charge in [0.1, 0.15) is 5.65 Å². The van der Waals surface area contributed by atoms with Crippen LogP contribution in [-0.4, -0.2) is 9.38 Å². The number of fused-ring (bicyclic) bond motifs is 13. The minimum Gasteiger partial charge on any atom is -0.309 e. The minimum absolute atomic E-state index is 0.788. The van der Waals surface area contributed by atoms with Gasteiger partial charge in [0.15, 0.2) is 7.14 Å². The SMILES string of the molecule is O=P(c1ccc2nc3c4c5ccccc5ccc4c4cc5ccccc5cc4n3c2c1)(c1cccc2ccccc12)c1cccc2ccccc12. The van der Waals surface area contributed by atoms with E-state index in [9.17, 15) is 0 Å². The van der Waals surface area contributed by atoms with Crippen molar-refractivity contribution in [2.24, 2.45) is 0 Å². The number of benzene rings is 9. The number of rotatable bonds is 3. The molecular formula is C47H29N2OP. The van der Waals surface area contributed by atoms with E-state index in [0.29, 0.717) is 0 Å². The van der Waals surface area contributed by atoms with Gasteiger partial charge < -0.3 is 4.57 Å². The Morgan fingerprint density at radius 2 is 0.961 bits per heavy atom. The molecule has 4 heteroatoms. The van der Waals surface area contributed by atoms with E-state index in [1.54, 1.807) is 0 Å². The molecule has 0 radical (unpaired) electrons. The number of aromatic nitrogens is 2. The van der Waals surface area contributed by atoms with E-state index in [-0.39, 0.29) is 0 Å². The summed E-state index contributed by atoms with van der Waals surface area (Å²) in [6.07, 6.45) is 0. The maximum atomic E-state index is 16.5. The molecule has 3 nitrogen and oxygen atoms in total. The molecule has 2 aromatic heterocycles. The molecule has 11 rings (SSSR count). The fourth-order valence-electron chi connectivity index (χ4n) is 8.41. The number of hydrogen-bond donors (Lipinski definition) is 0. The summed E-state index contributed by atoms with van der Waals surface area (Å²) in [4.78, 5) is 5.37. The molecule has 238 valence electrons. The molecule has 0 atom stereocenters. The van der Waals surface area contributed by atoms with Gasteiger partial charge in [-0.25, -0.2) is 4.98 Å². The number of pyridine rings is 1. The highest BCUT2D eigenvalue weighted by Crippen LogP contribution is 2.47. The Labute approximate surface area is 293 Å². The Morgan fingerprint density at radius 1 is 0.412 bits per heavy atom. The Morgan fingerprint density at radius 3 is 1.63 bits per heavy atom. The van der Waals surface area contributed by atoms with Gasteiger partial charge >= 0.3 is 0 Å². The van der Waals surface area contributed by atoms with Crippen molar-refractivity contribution in [2.75, 3.05) is 0 Å². The number of imidazole rings is 1. The Hall–Kier alpha value is -6.28. The van der Waals surface area contributed by atoms with Crippen LogP contribution in [0.3, 0.4) is 0 Å². The molecule has 0 fully saturated rings. The molecule has 0 aliphatic carbocycles. The second kappa shape index (κ2) is 10.6. The van der Waals surface area contributed by atoms with Gasteiger partial charge in [-0.05, 0) is 78.8 Å². The fourth-order valence-corrected chi connectivity index (χ4v) is 11.5. The molecule has 0 N–H and O–H groups in total. The molecule has 0 aliphatic heterocycles. The van der Waals surface area contributed by atoms with Crippen LogP contribution in [0.5, 0.6) is 0 Å². The van der Waals surface area contributed by atoms with Crippen molar-refractivity contribution in [1.82, 2.24) is 9.38 Å². The lowest BCUT2D eigenvalue weighted by atomic mass is 9.98. The predicted molar refractivity (Wildman–Crippen MR) is 217 cm³/mol. The highest BCUT2D eigenvalue weighted by atomic mass is 31.2. The molecule has 11 aromatic rings. The number of nitrogens with zero attached hydrogens (tertiary/aromatic N) is 2. The van der Waals surface area contributed by atoms with Gasteiger partial charge in [0.2, 0.25) is 0 Å². The van der Waals surface area contributed by atoms with Crippen LogP contribution in [-0.2, 0) is 4.57 Å². The van der Waals surface area contributed by atoms with Crippen molar-refractivity contribution in [3.05, 3.63) is 176 Å². The van der Waals surface area contributed by atoms with Crippen molar-refractivity contribution >= 4 is 105 Å². The number of hydrogen-bond acceptors (Lipinski definition) is 2. The quantitative estimate of drug-likeness (QED) is 0.107. The van der Waals surface area contributed by atoms with E-state index in [4.69, 9.17) is 4.98 Å². The summed E-state index contributed by atoms with van der Waals surface area (Å²) < 4.78 is 18.9. The van der Waals surface area contributed by atoms with E-state index in [1.165, 1.54) is 26.9 Å². The second-order valence-corrected chi connectivity index (χ2v) is 16.2. The largest absolute Gasteiger partial charge is 0.309 e. The van der Waals surface area contributed by atoms with E-state index in [1.807, 2.05) is 36.4 Å². The molecule has 0 saturated heterocycles. The standard InChI is InChI=1S/C47H29N2OP/c50-51(44-21-9-16-30-11-3-6-18-36(30)44,45-22-10-17-31-12-4-7-19-37(31)45)35-24-26-41-43(29-35)49-42-28-34-15-2-1-14-33(34)27-40(42)39-25-23-32-13-5-8-20-38(32)46(39)47(49)48-41/h1-29H. The smallest absolute Gasteiger partial charge is 0.172 e. The van der Waals surface area contributed by atoms with E-state index < -0.39 is 7.14 Å². The Kier molecular flexibility index (Phi) is 5.94. The summed E-state index contributed by atoms with van der Waals surface area (Å²) >= 11 is 0. The van der Waals surface area contributed by atoms with Gasteiger partial charge in [-0.15, -0.1) is 0 Å². The van der Waals surface area contributed by atoms with Gasteiger partial charge in [-0.3, -0.25) is 4.40 Å².